The Morgan fingerprint density at radius 1 is 1.18 bits per heavy atom. The van der Waals surface area contributed by atoms with Crippen LogP contribution in [0.2, 0.25) is 0 Å². The lowest BCUT2D eigenvalue weighted by Gasteiger charge is -2.09. The average molecular weight is 396 g/mol. The van der Waals surface area contributed by atoms with Gasteiger partial charge in [0.15, 0.2) is 5.75 Å². The Balaban J connectivity index is 1.61. The highest BCUT2D eigenvalue weighted by Crippen LogP contribution is 2.29. The van der Waals surface area contributed by atoms with E-state index in [-0.39, 0.29) is 12.1 Å². The number of aromatic nitrogens is 4. The molecule has 0 aromatic carbocycles. The maximum atomic E-state index is 12.5. The second kappa shape index (κ2) is 7.28. The molecule has 0 radical (unpaired) electrons. The lowest BCUT2D eigenvalue weighted by Crippen LogP contribution is -2.22. The minimum absolute atomic E-state index is 0.189. The van der Waals surface area contributed by atoms with E-state index < -0.39 is 17.3 Å². The van der Waals surface area contributed by atoms with Crippen LogP contribution in [0.4, 0.5) is 0 Å². The number of fused-ring (bicyclic) bond motifs is 1. The van der Waals surface area contributed by atoms with Crippen molar-refractivity contribution in [2.45, 2.75) is 19.5 Å². The molecule has 0 unspecified atom stereocenters. The summed E-state index contributed by atoms with van der Waals surface area (Å²) in [5.74, 6) is -2.06. The quantitative estimate of drug-likeness (QED) is 0.518. The molecular weight excluding hydrogens is 380 g/mol. The second-order valence-electron chi connectivity index (χ2n) is 6.27. The Bertz CT molecular complexity index is 1210. The molecule has 4 heterocycles. The molecule has 0 atom stereocenters. The number of hydrogen-bond donors (Lipinski definition) is 2. The lowest BCUT2D eigenvalue weighted by atomic mass is 10.2. The van der Waals surface area contributed by atoms with E-state index in [1.807, 2.05) is 18.3 Å². The Hall–Kier alpha value is -3.46. The zero-order valence-electron chi connectivity index (χ0n) is 14.6. The third-order valence-electron chi connectivity index (χ3n) is 4.47. The highest BCUT2D eigenvalue weighted by molar-refractivity contribution is 7.17. The molecule has 142 valence electrons. The Labute approximate surface area is 162 Å². The summed E-state index contributed by atoms with van der Waals surface area (Å²) < 4.78 is 3.53. The van der Waals surface area contributed by atoms with Crippen LogP contribution < -0.4 is 5.56 Å². The summed E-state index contributed by atoms with van der Waals surface area (Å²) in [5, 5.41) is 25.5. The smallest absolute Gasteiger partial charge is 0.341 e. The number of hydrogen-bond acceptors (Lipinski definition) is 6. The fourth-order valence-electron chi connectivity index (χ4n) is 3.10. The van der Waals surface area contributed by atoms with Gasteiger partial charge in [-0.15, -0.1) is 11.3 Å². The molecule has 0 saturated heterocycles. The minimum atomic E-state index is -1.32. The van der Waals surface area contributed by atoms with Gasteiger partial charge < -0.3 is 10.2 Å². The summed E-state index contributed by atoms with van der Waals surface area (Å²) >= 11 is 1.17. The molecule has 4 aromatic rings. The van der Waals surface area contributed by atoms with E-state index in [2.05, 4.69) is 10.1 Å². The van der Waals surface area contributed by atoms with Crippen LogP contribution in [0.25, 0.3) is 10.2 Å². The molecule has 0 aliphatic heterocycles. The number of carboxylic acids is 1. The SMILES string of the molecule is O=C(O)c1c(O)c(=O)n(Cc2cnn(CCc3ccncc3)c2)c2ccsc12. The predicted octanol–water partition coefficient (Wildman–Crippen LogP) is 2.35. The van der Waals surface area contributed by atoms with E-state index in [0.29, 0.717) is 16.8 Å². The first-order chi connectivity index (χ1) is 13.5. The highest BCUT2D eigenvalue weighted by Gasteiger charge is 2.22. The van der Waals surface area contributed by atoms with E-state index in [0.717, 1.165) is 17.5 Å². The second-order valence-corrected chi connectivity index (χ2v) is 7.19. The molecule has 4 rings (SSSR count). The van der Waals surface area contributed by atoms with Crippen LogP contribution in [0, 0.1) is 0 Å². The maximum absolute atomic E-state index is 12.5. The van der Waals surface area contributed by atoms with Gasteiger partial charge in [-0.05, 0) is 35.6 Å². The first kappa shape index (κ1) is 17.9. The van der Waals surface area contributed by atoms with Gasteiger partial charge in [0.2, 0.25) is 0 Å². The molecule has 28 heavy (non-hydrogen) atoms. The highest BCUT2D eigenvalue weighted by atomic mass is 32.1. The first-order valence-electron chi connectivity index (χ1n) is 8.51. The molecule has 0 amide bonds. The van der Waals surface area contributed by atoms with Gasteiger partial charge >= 0.3 is 5.97 Å². The van der Waals surface area contributed by atoms with Crippen LogP contribution in [0.1, 0.15) is 21.5 Å². The monoisotopic (exact) mass is 396 g/mol. The van der Waals surface area contributed by atoms with Crippen molar-refractivity contribution >= 4 is 27.5 Å². The number of carbonyl (C=O) groups is 1. The van der Waals surface area contributed by atoms with E-state index in [1.54, 1.807) is 34.7 Å². The Kier molecular flexibility index (Phi) is 4.66. The molecule has 0 bridgehead atoms. The van der Waals surface area contributed by atoms with Crippen molar-refractivity contribution in [1.82, 2.24) is 19.3 Å². The summed E-state index contributed by atoms with van der Waals surface area (Å²) in [6.45, 7) is 0.866. The normalized spacial score (nSPS) is 11.1. The van der Waals surface area contributed by atoms with Crippen LogP contribution in [-0.2, 0) is 19.5 Å². The van der Waals surface area contributed by atoms with Crippen molar-refractivity contribution in [1.29, 1.82) is 0 Å². The third kappa shape index (κ3) is 3.27. The number of rotatable bonds is 6. The van der Waals surface area contributed by atoms with Crippen LogP contribution >= 0.6 is 11.3 Å². The third-order valence-corrected chi connectivity index (χ3v) is 5.39. The number of carboxylic acid groups (broad SMARTS) is 1. The summed E-state index contributed by atoms with van der Waals surface area (Å²) in [6.07, 6.45) is 7.80. The predicted molar refractivity (Wildman–Crippen MR) is 104 cm³/mol. The summed E-state index contributed by atoms with van der Waals surface area (Å²) in [5.41, 5.74) is 1.34. The van der Waals surface area contributed by atoms with Crippen LogP contribution in [-0.4, -0.2) is 35.5 Å². The zero-order chi connectivity index (χ0) is 19.7. The van der Waals surface area contributed by atoms with Gasteiger partial charge in [-0.25, -0.2) is 4.79 Å². The van der Waals surface area contributed by atoms with Crippen molar-refractivity contribution in [3.63, 3.8) is 0 Å². The molecular formula is C19H16N4O4S. The molecule has 8 nitrogen and oxygen atoms in total. The summed E-state index contributed by atoms with van der Waals surface area (Å²) in [4.78, 5) is 28.0. The molecule has 0 fully saturated rings. The topological polar surface area (TPSA) is 110 Å². The van der Waals surface area contributed by atoms with Gasteiger partial charge in [0.05, 0.1) is 23.0 Å². The van der Waals surface area contributed by atoms with E-state index in [1.165, 1.54) is 15.9 Å². The first-order valence-corrected chi connectivity index (χ1v) is 9.39. The van der Waals surface area contributed by atoms with Gasteiger partial charge in [-0.3, -0.25) is 19.0 Å². The van der Waals surface area contributed by atoms with Crippen LogP contribution in [0.3, 0.4) is 0 Å². The average Bonchev–Trinajstić information content (AvgIpc) is 3.34. The Morgan fingerprint density at radius 3 is 2.71 bits per heavy atom. The summed E-state index contributed by atoms with van der Waals surface area (Å²) in [7, 11) is 0. The number of nitrogens with zero attached hydrogens (tertiary/aromatic N) is 4. The van der Waals surface area contributed by atoms with Crippen LogP contribution in [0.15, 0.2) is 53.2 Å². The Morgan fingerprint density at radius 2 is 1.96 bits per heavy atom. The van der Waals surface area contributed by atoms with Crippen molar-refractivity contribution < 1.29 is 15.0 Å². The van der Waals surface area contributed by atoms with Crippen molar-refractivity contribution in [3.05, 3.63) is 75.4 Å². The van der Waals surface area contributed by atoms with Gasteiger partial charge in [-0.2, -0.15) is 5.10 Å². The molecule has 0 aliphatic rings. The number of aromatic hydroxyl groups is 1. The number of thiophene rings is 1. The van der Waals surface area contributed by atoms with E-state index in [4.69, 9.17) is 0 Å². The molecule has 0 spiro atoms. The lowest BCUT2D eigenvalue weighted by molar-refractivity contribution is 0.0695. The largest absolute Gasteiger partial charge is 0.502 e. The molecule has 0 saturated carbocycles. The standard InChI is InChI=1S/C19H16N4O4S/c24-16-15(19(26)27)17-14(4-8-28-17)23(18(16)25)11-13-9-21-22(10-13)7-3-12-1-5-20-6-2-12/h1-2,4-6,8-10,24H,3,7,11H2,(H,26,27). The van der Waals surface area contributed by atoms with Crippen molar-refractivity contribution in [3.8, 4) is 5.75 Å². The van der Waals surface area contributed by atoms with E-state index in [9.17, 15) is 19.8 Å². The van der Waals surface area contributed by atoms with Gasteiger partial charge in [0, 0.05) is 30.7 Å². The van der Waals surface area contributed by atoms with Gasteiger partial charge in [-0.1, -0.05) is 0 Å². The molecule has 4 aromatic heterocycles. The zero-order valence-corrected chi connectivity index (χ0v) is 15.5. The molecule has 0 aliphatic carbocycles. The maximum Gasteiger partial charge on any atom is 0.341 e. The number of pyridine rings is 2. The van der Waals surface area contributed by atoms with E-state index >= 15 is 0 Å². The fourth-order valence-corrected chi connectivity index (χ4v) is 4.03. The molecule has 9 heteroatoms. The number of aromatic carboxylic acids is 1. The number of aryl methyl sites for hydroxylation is 2. The van der Waals surface area contributed by atoms with Crippen LogP contribution in [0.5, 0.6) is 5.75 Å². The molecule has 2 N–H and O–H groups in total. The fraction of sp³-hybridized carbons (Fsp3) is 0.158. The minimum Gasteiger partial charge on any atom is -0.502 e. The van der Waals surface area contributed by atoms with Crippen molar-refractivity contribution in [2.24, 2.45) is 0 Å². The summed E-state index contributed by atoms with van der Waals surface area (Å²) in [6, 6.07) is 5.58. The van der Waals surface area contributed by atoms with Gasteiger partial charge in [0.1, 0.15) is 5.56 Å². The van der Waals surface area contributed by atoms with Gasteiger partial charge in [0.25, 0.3) is 5.56 Å². The van der Waals surface area contributed by atoms with Crippen molar-refractivity contribution in [2.75, 3.05) is 0 Å².